The van der Waals surface area contributed by atoms with E-state index in [4.69, 9.17) is 10.5 Å². The highest BCUT2D eigenvalue weighted by atomic mass is 32.2. The number of thioether (sulfide) groups is 1. The summed E-state index contributed by atoms with van der Waals surface area (Å²) in [6.07, 6.45) is 0.740. The van der Waals surface area contributed by atoms with E-state index in [9.17, 15) is 34.5 Å². The lowest BCUT2D eigenvalue weighted by atomic mass is 9.93. The number of carbonyl (C=O) groups excluding carboxylic acids is 4. The first-order valence-corrected chi connectivity index (χ1v) is 21.1. The Balaban J connectivity index is 1.75. The minimum atomic E-state index is -1.39. The molecule has 1 unspecified atom stereocenters. The fourth-order valence-corrected chi connectivity index (χ4v) is 8.64. The van der Waals surface area contributed by atoms with E-state index in [1.165, 1.54) is 11.8 Å². The number of likely N-dealkylation sites (N-methyl/N-ethyl adjacent to an activating group) is 1. The number of aliphatic hydroxyl groups is 3. The third-order valence-electron chi connectivity index (χ3n) is 10.8. The number of quaternary nitrogens is 1. The smallest absolute Gasteiger partial charge is 0.312 e. The number of urea groups is 1. The van der Waals surface area contributed by atoms with Crippen molar-refractivity contribution in [2.24, 2.45) is 17.6 Å². The number of nitrogens with two attached hydrogens (primary N) is 1. The van der Waals surface area contributed by atoms with Crippen LogP contribution < -0.4 is 32.3 Å². The number of aliphatic hydroxyl groups excluding tert-OH is 3. The molecule has 0 saturated carbocycles. The second-order valence-corrected chi connectivity index (χ2v) is 17.1. The fraction of sp³-hybridized carbons (Fsp3) is 0.744. The molecule has 3 rings (SSSR count). The first-order valence-electron chi connectivity index (χ1n) is 19.8. The lowest BCUT2D eigenvalue weighted by Gasteiger charge is -2.43. The highest BCUT2D eigenvalue weighted by Crippen LogP contribution is 2.35. The van der Waals surface area contributed by atoms with Crippen molar-refractivity contribution < 1.29 is 43.7 Å². The van der Waals surface area contributed by atoms with Crippen molar-refractivity contribution in [3.05, 3.63) is 29.8 Å². The van der Waals surface area contributed by atoms with Gasteiger partial charge in [0.2, 0.25) is 11.8 Å². The Morgan fingerprint density at radius 1 is 0.982 bits per heavy atom. The SMILES string of the molecule is CCC[C@@H]1C[C@@H](C(=O)N[C@H](CC)[C@H]2O[C@H](SC)[C@H](O)[C@@H](O)[C@H]2O)[N+](C)(Cc2ccc(NC(=O)[C@H](CCCNC(N)=O)NC(=O)[C@@H](NC(C)C)C(C)C)cc2)C1. The van der Waals surface area contributed by atoms with Crippen molar-refractivity contribution in [2.45, 2.75) is 147 Å². The van der Waals surface area contributed by atoms with E-state index in [1.807, 2.05) is 58.9 Å². The normalized spacial score (nSPS) is 28.3. The molecule has 11 atom stereocenters. The largest absolute Gasteiger partial charge is 0.388 e. The van der Waals surface area contributed by atoms with Gasteiger partial charge in [-0.1, -0.05) is 60.1 Å². The topological polar surface area (TPSA) is 224 Å². The van der Waals surface area contributed by atoms with Crippen molar-refractivity contribution in [3.63, 3.8) is 0 Å². The van der Waals surface area contributed by atoms with Crippen molar-refractivity contribution in [3.8, 4) is 0 Å². The lowest BCUT2D eigenvalue weighted by molar-refractivity contribution is -0.926. The first-order chi connectivity index (χ1) is 25.9. The summed E-state index contributed by atoms with van der Waals surface area (Å²) in [4.78, 5) is 52.2. The van der Waals surface area contributed by atoms with Gasteiger partial charge in [-0.15, -0.1) is 11.8 Å². The predicted octanol–water partition coefficient (Wildman–Crippen LogP) is 1.78. The maximum absolute atomic E-state index is 14.1. The van der Waals surface area contributed by atoms with Gasteiger partial charge < -0.3 is 56.9 Å². The van der Waals surface area contributed by atoms with Crippen LogP contribution in [0.1, 0.15) is 85.6 Å². The van der Waals surface area contributed by atoms with E-state index < -0.39 is 54.0 Å². The van der Waals surface area contributed by atoms with Crippen molar-refractivity contribution in [1.82, 2.24) is 21.3 Å². The minimum Gasteiger partial charge on any atom is -0.388 e. The molecule has 2 saturated heterocycles. The molecule has 2 aliphatic rings. The average Bonchev–Trinajstić information content (AvgIpc) is 3.45. The second kappa shape index (κ2) is 21.5. The molecule has 2 fully saturated rings. The molecule has 1 aromatic carbocycles. The predicted molar refractivity (Wildman–Crippen MR) is 215 cm³/mol. The van der Waals surface area contributed by atoms with Crippen LogP contribution in [0.15, 0.2) is 24.3 Å². The maximum Gasteiger partial charge on any atom is 0.312 e. The standard InChI is InChI=1S/C39H67N7O8S/c1-9-12-25-19-29(36(51)44-27(10-2)34-32(48)31(47)33(49)38(54-34)55-8)46(7,21-25)20-24-14-16-26(17-15-24)43-35(50)28(13-11-18-41-39(40)53)45-37(52)30(22(3)4)42-23(5)6/h14-17,22-23,25,27-34,38,42,47-49H,9-13,18-21H2,1-8H3,(H5-,40,41,43,44,45,50,51,52,53)/p+1/t25-,27-,28+,29+,30+,31+,32-,33-,34-,38-,46?/m1/s1. The fourth-order valence-electron chi connectivity index (χ4n) is 7.96. The quantitative estimate of drug-likeness (QED) is 0.0688. The summed E-state index contributed by atoms with van der Waals surface area (Å²) >= 11 is 1.24. The second-order valence-electron chi connectivity index (χ2n) is 16.1. The molecule has 5 amide bonds. The number of hydrogen-bond donors (Lipinski definition) is 9. The first kappa shape index (κ1) is 46.4. The zero-order valence-corrected chi connectivity index (χ0v) is 34.7. The Morgan fingerprint density at radius 3 is 2.22 bits per heavy atom. The third kappa shape index (κ3) is 13.0. The van der Waals surface area contributed by atoms with Gasteiger partial charge in [0, 0.05) is 36.2 Å². The van der Waals surface area contributed by atoms with Crippen molar-refractivity contribution in [2.75, 3.05) is 31.7 Å². The van der Waals surface area contributed by atoms with Crippen LogP contribution in [0.4, 0.5) is 10.5 Å². The monoisotopic (exact) mass is 794 g/mol. The summed E-state index contributed by atoms with van der Waals surface area (Å²) in [5.41, 5.74) is 6.01. The molecular formula is C39H68N7O8S+. The number of primary amides is 1. The van der Waals surface area contributed by atoms with Crippen molar-refractivity contribution in [1.29, 1.82) is 0 Å². The van der Waals surface area contributed by atoms with E-state index >= 15 is 0 Å². The van der Waals surface area contributed by atoms with Gasteiger partial charge in [0.15, 0.2) is 6.04 Å². The van der Waals surface area contributed by atoms with Gasteiger partial charge in [0.05, 0.1) is 25.7 Å². The number of amides is 5. The number of nitrogens with zero attached hydrogens (tertiary/aromatic N) is 1. The Kier molecular flexibility index (Phi) is 18.1. The van der Waals surface area contributed by atoms with Crippen LogP contribution in [0.2, 0.25) is 0 Å². The van der Waals surface area contributed by atoms with Crippen LogP contribution in [-0.2, 0) is 25.7 Å². The van der Waals surface area contributed by atoms with E-state index in [2.05, 4.69) is 40.6 Å². The number of nitrogens with one attached hydrogen (secondary N) is 5. The summed E-state index contributed by atoms with van der Waals surface area (Å²) in [6.45, 7) is 13.5. The van der Waals surface area contributed by atoms with Gasteiger partial charge in [-0.25, -0.2) is 4.79 Å². The van der Waals surface area contributed by atoms with Gasteiger partial charge in [0.25, 0.3) is 5.91 Å². The molecule has 0 spiro atoms. The van der Waals surface area contributed by atoms with Crippen LogP contribution in [0.5, 0.6) is 0 Å². The van der Waals surface area contributed by atoms with Gasteiger partial charge in [-0.05, 0) is 50.0 Å². The summed E-state index contributed by atoms with van der Waals surface area (Å²) in [6, 6.07) is 4.61. The molecular weight excluding hydrogens is 727 g/mol. The Labute approximate surface area is 331 Å². The van der Waals surface area contributed by atoms with Crippen LogP contribution in [0.3, 0.4) is 0 Å². The van der Waals surface area contributed by atoms with Crippen LogP contribution in [-0.4, -0.2) is 130 Å². The number of rotatable bonds is 20. The molecule has 0 radical (unpaired) electrons. The summed E-state index contributed by atoms with van der Waals surface area (Å²) in [5.74, 6) is -0.473. The molecule has 0 aromatic heterocycles. The van der Waals surface area contributed by atoms with Gasteiger partial charge in [-0.3, -0.25) is 14.4 Å². The van der Waals surface area contributed by atoms with Crippen LogP contribution in [0, 0.1) is 11.8 Å². The maximum atomic E-state index is 14.1. The molecule has 16 heteroatoms. The number of benzene rings is 1. The van der Waals surface area contributed by atoms with E-state index in [0.717, 1.165) is 24.9 Å². The third-order valence-corrected chi connectivity index (χ3v) is 11.7. The number of carbonyl (C=O) groups is 4. The highest BCUT2D eigenvalue weighted by molar-refractivity contribution is 7.99. The molecule has 312 valence electrons. The van der Waals surface area contributed by atoms with Crippen LogP contribution >= 0.6 is 11.8 Å². The molecule has 2 heterocycles. The molecule has 10 N–H and O–H groups in total. The van der Waals surface area contributed by atoms with E-state index in [-0.39, 0.29) is 48.7 Å². The number of hydrogen-bond acceptors (Lipinski definition) is 10. The zero-order valence-electron chi connectivity index (χ0n) is 33.9. The lowest BCUT2D eigenvalue weighted by Crippen LogP contribution is -2.64. The van der Waals surface area contributed by atoms with E-state index in [1.54, 1.807) is 6.26 Å². The molecule has 0 aliphatic carbocycles. The minimum absolute atomic E-state index is 0.0122. The molecule has 15 nitrogen and oxygen atoms in total. The number of likely N-dealkylation sites (tertiary alicyclic amines) is 1. The summed E-state index contributed by atoms with van der Waals surface area (Å²) in [5, 5.41) is 46.5. The highest BCUT2D eigenvalue weighted by Gasteiger charge is 2.50. The van der Waals surface area contributed by atoms with Gasteiger partial charge >= 0.3 is 6.03 Å². The van der Waals surface area contributed by atoms with Crippen molar-refractivity contribution >= 4 is 41.2 Å². The molecule has 55 heavy (non-hydrogen) atoms. The Morgan fingerprint density at radius 2 is 1.65 bits per heavy atom. The van der Waals surface area contributed by atoms with Gasteiger partial charge in [-0.2, -0.15) is 0 Å². The van der Waals surface area contributed by atoms with Crippen LogP contribution in [0.25, 0.3) is 0 Å². The molecule has 1 aromatic rings. The zero-order chi connectivity index (χ0) is 41.0. The Hall–Kier alpha value is -2.99. The molecule has 2 aliphatic heterocycles. The average molecular weight is 795 g/mol. The number of anilines is 1. The van der Waals surface area contributed by atoms with E-state index in [0.29, 0.717) is 41.9 Å². The van der Waals surface area contributed by atoms with Gasteiger partial charge in [0.1, 0.15) is 42.4 Å². The summed E-state index contributed by atoms with van der Waals surface area (Å²) < 4.78 is 6.47. The number of ether oxygens (including phenoxy) is 1. The summed E-state index contributed by atoms with van der Waals surface area (Å²) in [7, 11) is 2.09. The Bertz CT molecular complexity index is 1400. The molecule has 0 bridgehead atoms.